The Hall–Kier alpha value is -2.10. The standard InChI is InChI=1S/C18H23N3O/c1-4-15-6-5-11-21(15)18(22)16-12-17(20(3)19-16)14-9-7-13(2)8-10-14/h7-10,12,15H,4-6,11H2,1-3H3. The molecule has 1 aromatic heterocycles. The highest BCUT2D eigenvalue weighted by atomic mass is 16.2. The molecule has 0 bridgehead atoms. The van der Waals surface area contributed by atoms with Crippen LogP contribution in [0.4, 0.5) is 0 Å². The van der Waals surface area contributed by atoms with Crippen molar-refractivity contribution in [2.75, 3.05) is 6.54 Å². The number of benzene rings is 1. The van der Waals surface area contributed by atoms with Gasteiger partial charge in [0.05, 0.1) is 5.69 Å². The van der Waals surface area contributed by atoms with E-state index >= 15 is 0 Å². The maximum atomic E-state index is 12.7. The van der Waals surface area contributed by atoms with Crippen molar-refractivity contribution < 1.29 is 4.79 Å². The van der Waals surface area contributed by atoms with E-state index < -0.39 is 0 Å². The van der Waals surface area contributed by atoms with Gasteiger partial charge in [-0.3, -0.25) is 9.48 Å². The van der Waals surface area contributed by atoms with Gasteiger partial charge < -0.3 is 4.90 Å². The van der Waals surface area contributed by atoms with Crippen LogP contribution in [-0.2, 0) is 7.05 Å². The molecular weight excluding hydrogens is 274 g/mol. The molecule has 0 spiro atoms. The number of aromatic nitrogens is 2. The van der Waals surface area contributed by atoms with E-state index in [0.717, 1.165) is 37.1 Å². The van der Waals surface area contributed by atoms with Gasteiger partial charge in [0, 0.05) is 19.6 Å². The molecule has 1 aliphatic heterocycles. The summed E-state index contributed by atoms with van der Waals surface area (Å²) in [4.78, 5) is 14.7. The molecule has 1 amide bonds. The molecule has 1 aliphatic rings. The molecule has 116 valence electrons. The summed E-state index contributed by atoms with van der Waals surface area (Å²) in [5.74, 6) is 0.0679. The van der Waals surface area contributed by atoms with Crippen molar-refractivity contribution in [3.05, 3.63) is 41.6 Å². The van der Waals surface area contributed by atoms with Crippen LogP contribution in [0.25, 0.3) is 11.3 Å². The second-order valence-electron chi connectivity index (χ2n) is 6.11. The van der Waals surface area contributed by atoms with Crippen LogP contribution < -0.4 is 0 Å². The second-order valence-corrected chi connectivity index (χ2v) is 6.11. The third-order valence-corrected chi connectivity index (χ3v) is 4.56. The van der Waals surface area contributed by atoms with Gasteiger partial charge >= 0.3 is 0 Å². The fourth-order valence-corrected chi connectivity index (χ4v) is 3.24. The van der Waals surface area contributed by atoms with Gasteiger partial charge in [0.2, 0.25) is 0 Å². The molecule has 1 aromatic carbocycles. The normalized spacial score (nSPS) is 18.0. The number of carbonyl (C=O) groups excluding carboxylic acids is 1. The summed E-state index contributed by atoms with van der Waals surface area (Å²) in [6, 6.07) is 10.6. The topological polar surface area (TPSA) is 38.1 Å². The lowest BCUT2D eigenvalue weighted by molar-refractivity contribution is 0.0727. The van der Waals surface area contributed by atoms with E-state index in [9.17, 15) is 4.79 Å². The highest BCUT2D eigenvalue weighted by Gasteiger charge is 2.29. The lowest BCUT2D eigenvalue weighted by atomic mass is 10.1. The molecule has 1 atom stereocenters. The molecule has 1 saturated heterocycles. The zero-order valence-electron chi connectivity index (χ0n) is 13.5. The van der Waals surface area contributed by atoms with Gasteiger partial charge in [-0.25, -0.2) is 0 Å². The first-order chi connectivity index (χ1) is 10.6. The third kappa shape index (κ3) is 2.65. The Bertz CT molecular complexity index is 672. The zero-order valence-corrected chi connectivity index (χ0v) is 13.5. The number of likely N-dealkylation sites (tertiary alicyclic amines) is 1. The number of aryl methyl sites for hydroxylation is 2. The zero-order chi connectivity index (χ0) is 15.7. The van der Waals surface area contributed by atoms with Crippen molar-refractivity contribution in [3.63, 3.8) is 0 Å². The first-order valence-corrected chi connectivity index (χ1v) is 8.02. The van der Waals surface area contributed by atoms with Gasteiger partial charge in [-0.2, -0.15) is 5.10 Å². The minimum absolute atomic E-state index is 0.0679. The molecule has 1 fully saturated rings. The van der Waals surface area contributed by atoms with Crippen LogP contribution in [0.5, 0.6) is 0 Å². The predicted molar refractivity (Wildman–Crippen MR) is 87.7 cm³/mol. The van der Waals surface area contributed by atoms with Gasteiger partial charge in [-0.05, 0) is 37.8 Å². The largest absolute Gasteiger partial charge is 0.334 e. The fraction of sp³-hybridized carbons (Fsp3) is 0.444. The number of nitrogens with zero attached hydrogens (tertiary/aromatic N) is 3. The molecule has 2 aromatic rings. The average Bonchev–Trinajstić information content (AvgIpc) is 3.14. The van der Waals surface area contributed by atoms with Crippen LogP contribution in [0.2, 0.25) is 0 Å². The fourth-order valence-electron chi connectivity index (χ4n) is 3.24. The summed E-state index contributed by atoms with van der Waals surface area (Å²) < 4.78 is 1.80. The van der Waals surface area contributed by atoms with Crippen LogP contribution in [0.3, 0.4) is 0 Å². The van der Waals surface area contributed by atoms with Crippen LogP contribution in [0.15, 0.2) is 30.3 Å². The molecule has 4 nitrogen and oxygen atoms in total. The van der Waals surface area contributed by atoms with Crippen molar-refractivity contribution in [3.8, 4) is 11.3 Å². The number of rotatable bonds is 3. The predicted octanol–water partition coefficient (Wildman–Crippen LogP) is 3.41. The summed E-state index contributed by atoms with van der Waals surface area (Å²) >= 11 is 0. The second kappa shape index (κ2) is 5.95. The Morgan fingerprint density at radius 1 is 1.32 bits per heavy atom. The maximum Gasteiger partial charge on any atom is 0.274 e. The maximum absolute atomic E-state index is 12.7. The molecule has 2 heterocycles. The van der Waals surface area contributed by atoms with Crippen molar-refractivity contribution in [1.29, 1.82) is 0 Å². The van der Waals surface area contributed by atoms with E-state index in [-0.39, 0.29) is 5.91 Å². The van der Waals surface area contributed by atoms with Crippen molar-refractivity contribution >= 4 is 5.91 Å². The van der Waals surface area contributed by atoms with Crippen molar-refractivity contribution in [2.45, 2.75) is 39.2 Å². The Morgan fingerprint density at radius 2 is 2.05 bits per heavy atom. The van der Waals surface area contributed by atoms with Crippen LogP contribution in [0, 0.1) is 6.92 Å². The minimum Gasteiger partial charge on any atom is -0.334 e. The lowest BCUT2D eigenvalue weighted by Gasteiger charge is -2.22. The summed E-state index contributed by atoms with van der Waals surface area (Å²) in [7, 11) is 1.90. The van der Waals surface area contributed by atoms with Gasteiger partial charge in [-0.1, -0.05) is 36.8 Å². The summed E-state index contributed by atoms with van der Waals surface area (Å²) in [5, 5.41) is 4.45. The molecular formula is C18H23N3O. The summed E-state index contributed by atoms with van der Waals surface area (Å²) in [6.07, 6.45) is 3.23. The van der Waals surface area contributed by atoms with Gasteiger partial charge in [0.15, 0.2) is 5.69 Å². The first-order valence-electron chi connectivity index (χ1n) is 8.02. The SMILES string of the molecule is CCC1CCCN1C(=O)c1cc(-c2ccc(C)cc2)n(C)n1. The highest BCUT2D eigenvalue weighted by molar-refractivity contribution is 5.93. The van der Waals surface area contributed by atoms with Crippen LogP contribution >= 0.6 is 0 Å². The summed E-state index contributed by atoms with van der Waals surface area (Å²) in [6.45, 7) is 5.07. The smallest absolute Gasteiger partial charge is 0.274 e. The van der Waals surface area contributed by atoms with E-state index in [4.69, 9.17) is 0 Å². The van der Waals surface area contributed by atoms with E-state index in [0.29, 0.717) is 11.7 Å². The third-order valence-electron chi connectivity index (χ3n) is 4.56. The Kier molecular flexibility index (Phi) is 4.01. The van der Waals surface area contributed by atoms with Crippen LogP contribution in [-0.4, -0.2) is 33.2 Å². The van der Waals surface area contributed by atoms with Gasteiger partial charge in [0.25, 0.3) is 5.91 Å². The van der Waals surface area contributed by atoms with Gasteiger partial charge in [0.1, 0.15) is 0 Å². The Labute approximate surface area is 131 Å². The number of carbonyl (C=O) groups is 1. The Balaban J connectivity index is 1.88. The van der Waals surface area contributed by atoms with E-state index in [2.05, 4.69) is 43.2 Å². The molecule has 0 radical (unpaired) electrons. The molecule has 0 aliphatic carbocycles. The number of hydrogen-bond acceptors (Lipinski definition) is 2. The molecule has 1 unspecified atom stereocenters. The highest BCUT2D eigenvalue weighted by Crippen LogP contribution is 2.25. The quantitative estimate of drug-likeness (QED) is 0.870. The monoisotopic (exact) mass is 297 g/mol. The summed E-state index contributed by atoms with van der Waals surface area (Å²) in [5.41, 5.74) is 3.85. The van der Waals surface area contributed by atoms with E-state index in [1.54, 1.807) is 4.68 Å². The lowest BCUT2D eigenvalue weighted by Crippen LogP contribution is -2.35. The molecule has 4 heteroatoms. The molecule has 0 N–H and O–H groups in total. The molecule has 0 saturated carbocycles. The van der Waals surface area contributed by atoms with Crippen LogP contribution in [0.1, 0.15) is 42.2 Å². The van der Waals surface area contributed by atoms with E-state index in [1.165, 1.54) is 5.56 Å². The molecule has 22 heavy (non-hydrogen) atoms. The molecule has 3 rings (SSSR count). The number of hydrogen-bond donors (Lipinski definition) is 0. The average molecular weight is 297 g/mol. The van der Waals surface area contributed by atoms with Crippen molar-refractivity contribution in [1.82, 2.24) is 14.7 Å². The Morgan fingerprint density at radius 3 is 2.73 bits per heavy atom. The van der Waals surface area contributed by atoms with E-state index in [1.807, 2.05) is 18.0 Å². The minimum atomic E-state index is 0.0679. The first kappa shape index (κ1) is 14.8. The van der Waals surface area contributed by atoms with Crippen molar-refractivity contribution in [2.24, 2.45) is 7.05 Å². The number of amides is 1. The van der Waals surface area contributed by atoms with Gasteiger partial charge in [-0.15, -0.1) is 0 Å².